The minimum atomic E-state index is 0.113. The quantitative estimate of drug-likeness (QED) is 0.166. The third-order valence-corrected chi connectivity index (χ3v) is 14.3. The lowest BCUT2D eigenvalue weighted by Gasteiger charge is -2.28. The maximum Gasteiger partial charge on any atom is 0.0791 e. The van der Waals surface area contributed by atoms with Crippen molar-refractivity contribution in [2.75, 3.05) is 0 Å². The van der Waals surface area contributed by atoms with E-state index in [1.165, 1.54) is 109 Å². The van der Waals surface area contributed by atoms with Gasteiger partial charge >= 0.3 is 0 Å². The van der Waals surface area contributed by atoms with Gasteiger partial charge in [0.05, 0.1) is 22.4 Å². The van der Waals surface area contributed by atoms with Crippen molar-refractivity contribution in [1.82, 2.24) is 9.97 Å². The van der Waals surface area contributed by atoms with E-state index in [2.05, 4.69) is 206 Å². The summed E-state index contributed by atoms with van der Waals surface area (Å²) >= 11 is 0. The number of hydrogen-bond acceptors (Lipinski definition) is 2. The normalized spacial score (nSPS) is 15.2. The highest BCUT2D eigenvalue weighted by atomic mass is 14.8. The molecule has 14 rings (SSSR count). The van der Waals surface area contributed by atoms with Crippen LogP contribution < -0.4 is 0 Å². The number of benzene rings is 10. The minimum absolute atomic E-state index is 0.113. The fraction of sp³-hybridized carbons (Fsp3) is 0.0492. The first kappa shape index (κ1) is 34.7. The molecule has 2 heteroatoms. The number of pyridine rings is 2. The monoisotopic (exact) mass is 798 g/mol. The maximum atomic E-state index is 5.92. The summed E-state index contributed by atoms with van der Waals surface area (Å²) in [5.41, 5.74) is 17.2. The van der Waals surface area contributed by atoms with Crippen LogP contribution in [0.2, 0.25) is 0 Å². The number of fused-ring (bicyclic) bond motifs is 18. The van der Waals surface area contributed by atoms with Crippen molar-refractivity contribution < 1.29 is 0 Å². The number of nitrogens with zero attached hydrogens (tertiary/aromatic N) is 2. The molecule has 0 radical (unpaired) electrons. The van der Waals surface area contributed by atoms with Crippen molar-refractivity contribution in [1.29, 1.82) is 0 Å². The van der Waals surface area contributed by atoms with Crippen LogP contribution in [0.3, 0.4) is 0 Å². The van der Waals surface area contributed by atoms with Crippen LogP contribution in [0.5, 0.6) is 0 Å². The molecule has 2 bridgehead atoms. The van der Waals surface area contributed by atoms with E-state index in [4.69, 9.17) is 9.97 Å². The van der Waals surface area contributed by atoms with Crippen LogP contribution in [-0.2, 0) is 0 Å². The molecule has 63 heavy (non-hydrogen) atoms. The fourth-order valence-electron chi connectivity index (χ4n) is 11.7. The van der Waals surface area contributed by atoms with E-state index < -0.39 is 0 Å². The standard InChI is InChI=1S/C61H38N2/c1-3-17-38(18-4-1)48-33-52-54-50-35-51(56(54)60(62-58(52)46-29-13-11-27-42(46)48)44-31-15-23-36-21-7-9-25-40(36)44)55-53-34-49(39-19-5-2-6-20-39)43-28-12-14-30-47(43)59(53)63-61(57(50)55)45-32-16-24-37-22-8-10-26-41(37)45/h1-34,50-51H,35H2. The third-order valence-electron chi connectivity index (χ3n) is 14.3. The van der Waals surface area contributed by atoms with E-state index in [1.807, 2.05) is 0 Å². The lowest BCUT2D eigenvalue weighted by Crippen LogP contribution is -2.11. The Balaban J connectivity index is 1.17. The lowest BCUT2D eigenvalue weighted by molar-refractivity contribution is 0.799. The zero-order chi connectivity index (χ0) is 41.2. The molecule has 0 N–H and O–H groups in total. The Morgan fingerprint density at radius 2 is 0.651 bits per heavy atom. The van der Waals surface area contributed by atoms with Crippen molar-refractivity contribution in [3.63, 3.8) is 0 Å². The lowest BCUT2D eigenvalue weighted by atomic mass is 9.77. The molecule has 0 spiro atoms. The SMILES string of the molecule is c1ccc(-c2cc3c4c(c(-c5cccc6ccccc56)nc3c3ccccc23)C2CC4c3c(-c4cccc5ccccc45)nc4c(cc(-c5ccccc5)c5ccccc54)c32)cc1. The predicted octanol–water partition coefficient (Wildman–Crippen LogP) is 16.0. The second-order valence-corrected chi connectivity index (χ2v) is 17.4. The molecule has 2 aromatic heterocycles. The van der Waals surface area contributed by atoms with Crippen LogP contribution in [-0.4, -0.2) is 9.97 Å². The molecule has 2 atom stereocenters. The average molecular weight is 799 g/mol. The highest BCUT2D eigenvalue weighted by Crippen LogP contribution is 2.64. The molecule has 2 unspecified atom stereocenters. The van der Waals surface area contributed by atoms with Crippen molar-refractivity contribution in [2.45, 2.75) is 18.3 Å². The van der Waals surface area contributed by atoms with E-state index in [-0.39, 0.29) is 11.8 Å². The third kappa shape index (κ3) is 4.95. The smallest absolute Gasteiger partial charge is 0.0791 e. The van der Waals surface area contributed by atoms with E-state index in [0.29, 0.717) is 0 Å². The van der Waals surface area contributed by atoms with Crippen LogP contribution in [0, 0.1) is 0 Å². The van der Waals surface area contributed by atoms with Gasteiger partial charge < -0.3 is 0 Å². The van der Waals surface area contributed by atoms with Gasteiger partial charge in [0, 0.05) is 44.5 Å². The molecule has 0 aliphatic heterocycles. The molecule has 10 aromatic carbocycles. The Kier molecular flexibility index (Phi) is 7.32. The van der Waals surface area contributed by atoms with Gasteiger partial charge in [-0.25, -0.2) is 9.97 Å². The fourth-order valence-corrected chi connectivity index (χ4v) is 11.7. The molecule has 0 amide bonds. The van der Waals surface area contributed by atoms with Gasteiger partial charge in [-0.2, -0.15) is 0 Å². The first-order chi connectivity index (χ1) is 31.3. The van der Waals surface area contributed by atoms with E-state index in [0.717, 1.165) is 28.8 Å². The largest absolute Gasteiger partial charge is 0.247 e. The van der Waals surface area contributed by atoms with Crippen LogP contribution in [0.4, 0.5) is 0 Å². The summed E-state index contributed by atoms with van der Waals surface area (Å²) in [5.74, 6) is 0.225. The Labute approximate surface area is 364 Å². The molecule has 2 heterocycles. The molecule has 0 saturated carbocycles. The summed E-state index contributed by atoms with van der Waals surface area (Å²) in [7, 11) is 0. The highest BCUT2D eigenvalue weighted by Gasteiger charge is 2.48. The molecule has 292 valence electrons. The first-order valence-corrected chi connectivity index (χ1v) is 22.1. The average Bonchev–Trinajstić information content (AvgIpc) is 3.95. The Morgan fingerprint density at radius 1 is 0.286 bits per heavy atom. The first-order valence-electron chi connectivity index (χ1n) is 22.1. The number of hydrogen-bond donors (Lipinski definition) is 0. The van der Waals surface area contributed by atoms with Crippen molar-refractivity contribution in [2.24, 2.45) is 0 Å². The minimum Gasteiger partial charge on any atom is -0.247 e. The zero-order valence-corrected chi connectivity index (χ0v) is 34.4. The molecule has 12 aromatic rings. The highest BCUT2D eigenvalue weighted by molar-refractivity contribution is 6.17. The van der Waals surface area contributed by atoms with Crippen LogP contribution >= 0.6 is 0 Å². The second-order valence-electron chi connectivity index (χ2n) is 17.4. The van der Waals surface area contributed by atoms with E-state index in [1.54, 1.807) is 0 Å². The van der Waals surface area contributed by atoms with Gasteiger partial charge in [0.15, 0.2) is 0 Å². The molecule has 2 nitrogen and oxygen atoms in total. The molecule has 0 fully saturated rings. The van der Waals surface area contributed by atoms with Gasteiger partial charge in [0.25, 0.3) is 0 Å². The van der Waals surface area contributed by atoms with Crippen molar-refractivity contribution in [3.05, 3.63) is 229 Å². The summed E-state index contributed by atoms with van der Waals surface area (Å²) in [6.45, 7) is 0. The molecule has 2 aliphatic carbocycles. The number of rotatable bonds is 4. The summed E-state index contributed by atoms with van der Waals surface area (Å²) in [5, 5.41) is 12.2. The molecule has 2 aliphatic rings. The van der Waals surface area contributed by atoms with Gasteiger partial charge in [-0.05, 0) is 95.4 Å². The van der Waals surface area contributed by atoms with E-state index in [9.17, 15) is 0 Å². The van der Waals surface area contributed by atoms with Crippen LogP contribution in [0.25, 0.3) is 110 Å². The van der Waals surface area contributed by atoms with Crippen LogP contribution in [0.1, 0.15) is 40.5 Å². The second kappa shape index (κ2) is 13.3. The summed E-state index contributed by atoms with van der Waals surface area (Å²) in [6, 6.07) is 75.7. The van der Waals surface area contributed by atoms with Gasteiger partial charge in [-0.3, -0.25) is 0 Å². The van der Waals surface area contributed by atoms with Gasteiger partial charge in [0.2, 0.25) is 0 Å². The van der Waals surface area contributed by atoms with E-state index >= 15 is 0 Å². The maximum absolute atomic E-state index is 5.92. The zero-order valence-electron chi connectivity index (χ0n) is 34.4. The van der Waals surface area contributed by atoms with Crippen molar-refractivity contribution >= 4 is 64.9 Å². The Hall–Kier alpha value is -7.94. The summed E-state index contributed by atoms with van der Waals surface area (Å²) in [6.07, 6.45) is 0.975. The molecule has 0 saturated heterocycles. The molecular formula is C61H38N2. The Bertz CT molecular complexity index is 3620. The van der Waals surface area contributed by atoms with Gasteiger partial charge in [-0.1, -0.05) is 194 Å². The number of aromatic nitrogens is 2. The van der Waals surface area contributed by atoms with Gasteiger partial charge in [0.1, 0.15) is 0 Å². The van der Waals surface area contributed by atoms with Gasteiger partial charge in [-0.15, -0.1) is 0 Å². The van der Waals surface area contributed by atoms with Crippen LogP contribution in [0.15, 0.2) is 206 Å². The topological polar surface area (TPSA) is 25.8 Å². The predicted molar refractivity (Wildman–Crippen MR) is 264 cm³/mol. The summed E-state index contributed by atoms with van der Waals surface area (Å²) in [4.78, 5) is 11.8. The molecular weight excluding hydrogens is 761 g/mol. The Morgan fingerprint density at radius 3 is 1.10 bits per heavy atom. The van der Waals surface area contributed by atoms with Crippen molar-refractivity contribution in [3.8, 4) is 44.8 Å². The summed E-state index contributed by atoms with van der Waals surface area (Å²) < 4.78 is 0.